The average Bonchev–Trinajstić information content (AvgIpc) is 2.82. The smallest absolute Gasteiger partial charge is 0.252 e. The average molecular weight is 454 g/mol. The molecular weight excluding hydrogens is 408 g/mol. The third kappa shape index (κ3) is 10.9. The topological polar surface area (TPSA) is 42.2 Å². The Labute approximate surface area is 201 Å². The molecule has 2 aromatic rings. The first kappa shape index (κ1) is 26.9. The number of pyridine rings is 1. The van der Waals surface area contributed by atoms with Crippen molar-refractivity contribution in [3.63, 3.8) is 0 Å². The predicted octanol–water partition coefficient (Wildman–Crippen LogP) is 6.92. The molecule has 1 N–H and O–H groups in total. The number of unbranched alkanes of at least 4 members (excludes halogenated alkanes) is 9. The minimum absolute atomic E-state index is 0.0423. The van der Waals surface area contributed by atoms with E-state index in [2.05, 4.69) is 42.8 Å². The Morgan fingerprint density at radius 3 is 2.09 bits per heavy atom. The molecule has 0 unspecified atom stereocenters. The van der Waals surface area contributed by atoms with Gasteiger partial charge in [0.05, 0.1) is 12.2 Å². The molecule has 0 saturated heterocycles. The Bertz CT molecular complexity index is 802. The quantitative estimate of drug-likeness (QED) is 0.209. The summed E-state index contributed by atoms with van der Waals surface area (Å²) in [6, 6.07) is 9.91. The maximum atomic E-state index is 12.4. The first-order valence-electron chi connectivity index (χ1n) is 13.1. The molecule has 1 aromatic carbocycles. The first-order chi connectivity index (χ1) is 16.1. The van der Waals surface area contributed by atoms with Crippen molar-refractivity contribution in [2.24, 2.45) is 0 Å². The van der Waals surface area contributed by atoms with Crippen molar-refractivity contribution in [3.8, 4) is 5.75 Å². The second kappa shape index (κ2) is 16.3. The highest BCUT2D eigenvalue weighted by Gasteiger charge is 2.09. The summed E-state index contributed by atoms with van der Waals surface area (Å²) in [7, 11) is 0. The molecule has 4 heteroatoms. The standard InChI is InChI=1S/C29H44N2O2/c1-4-6-7-8-9-10-11-12-13-14-22-33-28-16-15-27(25(3)23-28)24-30-29(32)26-17-20-31(19-5-2)21-18-26/h15-18,20-21,23H,4-14,19,22,24H2,1-3H3/p+1. The number of amides is 1. The van der Waals surface area contributed by atoms with E-state index in [1.807, 2.05) is 30.6 Å². The van der Waals surface area contributed by atoms with E-state index in [0.717, 1.165) is 42.9 Å². The largest absolute Gasteiger partial charge is 0.494 e. The maximum absolute atomic E-state index is 12.4. The third-order valence-corrected chi connectivity index (χ3v) is 6.16. The summed E-state index contributed by atoms with van der Waals surface area (Å²) in [6.07, 6.45) is 18.3. The number of aryl methyl sites for hydroxylation is 2. The molecule has 0 atom stereocenters. The van der Waals surface area contributed by atoms with Crippen LogP contribution in [0.25, 0.3) is 0 Å². The predicted molar refractivity (Wildman–Crippen MR) is 137 cm³/mol. The Hall–Kier alpha value is -2.36. The van der Waals surface area contributed by atoms with E-state index in [9.17, 15) is 4.79 Å². The fourth-order valence-corrected chi connectivity index (χ4v) is 4.03. The van der Waals surface area contributed by atoms with Crippen LogP contribution in [-0.4, -0.2) is 12.5 Å². The number of carbonyl (C=O) groups is 1. The van der Waals surface area contributed by atoms with Crippen LogP contribution in [0.3, 0.4) is 0 Å². The van der Waals surface area contributed by atoms with E-state index in [1.54, 1.807) is 0 Å². The zero-order chi connectivity index (χ0) is 23.7. The minimum atomic E-state index is -0.0423. The zero-order valence-electron chi connectivity index (χ0n) is 21.2. The molecule has 0 spiro atoms. The van der Waals surface area contributed by atoms with Gasteiger partial charge in [-0.15, -0.1) is 0 Å². The number of hydrogen-bond acceptors (Lipinski definition) is 2. The van der Waals surface area contributed by atoms with Crippen molar-refractivity contribution in [1.29, 1.82) is 0 Å². The molecule has 2 rings (SSSR count). The summed E-state index contributed by atoms with van der Waals surface area (Å²) >= 11 is 0. The lowest BCUT2D eigenvalue weighted by Crippen LogP contribution is -2.33. The van der Waals surface area contributed by atoms with Crippen LogP contribution in [0.15, 0.2) is 42.7 Å². The molecule has 4 nitrogen and oxygen atoms in total. The molecular formula is C29H45N2O2+. The molecule has 182 valence electrons. The molecule has 0 aliphatic heterocycles. The number of ether oxygens (including phenoxy) is 1. The fourth-order valence-electron chi connectivity index (χ4n) is 4.03. The third-order valence-electron chi connectivity index (χ3n) is 6.16. The highest BCUT2D eigenvalue weighted by Crippen LogP contribution is 2.18. The van der Waals surface area contributed by atoms with Crippen LogP contribution in [0.1, 0.15) is 106 Å². The molecule has 33 heavy (non-hydrogen) atoms. The minimum Gasteiger partial charge on any atom is -0.494 e. The van der Waals surface area contributed by atoms with Crippen LogP contribution in [0, 0.1) is 6.92 Å². The second-order valence-electron chi connectivity index (χ2n) is 9.13. The van der Waals surface area contributed by atoms with Crippen molar-refractivity contribution in [1.82, 2.24) is 5.32 Å². The lowest BCUT2D eigenvalue weighted by Gasteiger charge is -2.11. The van der Waals surface area contributed by atoms with Gasteiger partial charge in [-0.25, -0.2) is 4.57 Å². The summed E-state index contributed by atoms with van der Waals surface area (Å²) in [5, 5.41) is 3.03. The van der Waals surface area contributed by atoms with Crippen LogP contribution >= 0.6 is 0 Å². The molecule has 0 aliphatic rings. The van der Waals surface area contributed by atoms with E-state index in [-0.39, 0.29) is 5.91 Å². The van der Waals surface area contributed by atoms with E-state index in [4.69, 9.17) is 4.74 Å². The van der Waals surface area contributed by atoms with Crippen LogP contribution in [-0.2, 0) is 13.1 Å². The van der Waals surface area contributed by atoms with Gasteiger partial charge in [-0.05, 0) is 36.6 Å². The van der Waals surface area contributed by atoms with E-state index >= 15 is 0 Å². The number of rotatable bonds is 17. The summed E-state index contributed by atoms with van der Waals surface area (Å²) in [4.78, 5) is 12.4. The fraction of sp³-hybridized carbons (Fsp3) is 0.586. The number of nitrogens with zero attached hydrogens (tertiary/aromatic N) is 1. The molecule has 0 aliphatic carbocycles. The molecule has 1 aromatic heterocycles. The van der Waals surface area contributed by atoms with Gasteiger partial charge in [-0.1, -0.05) is 77.7 Å². The van der Waals surface area contributed by atoms with Crippen molar-refractivity contribution in [3.05, 3.63) is 59.4 Å². The van der Waals surface area contributed by atoms with Crippen molar-refractivity contribution in [2.45, 2.75) is 104 Å². The van der Waals surface area contributed by atoms with Crippen molar-refractivity contribution < 1.29 is 14.1 Å². The number of hydrogen-bond donors (Lipinski definition) is 1. The highest BCUT2D eigenvalue weighted by molar-refractivity contribution is 5.93. The van der Waals surface area contributed by atoms with E-state index in [0.29, 0.717) is 12.1 Å². The second-order valence-corrected chi connectivity index (χ2v) is 9.13. The van der Waals surface area contributed by atoms with Gasteiger partial charge in [0.25, 0.3) is 5.91 Å². The van der Waals surface area contributed by atoms with E-state index in [1.165, 1.54) is 57.8 Å². The number of benzene rings is 1. The lowest BCUT2D eigenvalue weighted by atomic mass is 10.1. The zero-order valence-corrected chi connectivity index (χ0v) is 21.2. The monoisotopic (exact) mass is 453 g/mol. The van der Waals surface area contributed by atoms with Crippen LogP contribution < -0.4 is 14.6 Å². The Morgan fingerprint density at radius 1 is 0.848 bits per heavy atom. The van der Waals surface area contributed by atoms with Gasteiger partial charge >= 0.3 is 0 Å². The van der Waals surface area contributed by atoms with Crippen LogP contribution in [0.2, 0.25) is 0 Å². The maximum Gasteiger partial charge on any atom is 0.252 e. The Morgan fingerprint density at radius 2 is 1.48 bits per heavy atom. The summed E-state index contributed by atoms with van der Waals surface area (Å²) in [5.74, 6) is 0.876. The molecule has 1 amide bonds. The van der Waals surface area contributed by atoms with Gasteiger partial charge in [0.2, 0.25) is 0 Å². The lowest BCUT2D eigenvalue weighted by molar-refractivity contribution is -0.697. The molecule has 0 radical (unpaired) electrons. The highest BCUT2D eigenvalue weighted by atomic mass is 16.5. The summed E-state index contributed by atoms with van der Waals surface area (Å²) in [6.45, 7) is 8.75. The van der Waals surface area contributed by atoms with Gasteiger partial charge in [0.15, 0.2) is 12.4 Å². The van der Waals surface area contributed by atoms with Crippen molar-refractivity contribution in [2.75, 3.05) is 6.61 Å². The van der Waals surface area contributed by atoms with Crippen LogP contribution in [0.5, 0.6) is 5.75 Å². The molecule has 0 saturated carbocycles. The van der Waals surface area contributed by atoms with Crippen LogP contribution in [0.4, 0.5) is 0 Å². The normalized spacial score (nSPS) is 10.9. The summed E-state index contributed by atoms with van der Waals surface area (Å²) < 4.78 is 8.04. The number of nitrogens with one attached hydrogen (secondary N) is 1. The van der Waals surface area contributed by atoms with Gasteiger partial charge < -0.3 is 10.1 Å². The number of carbonyl (C=O) groups excluding carboxylic acids is 1. The Balaban J connectivity index is 1.62. The van der Waals surface area contributed by atoms with Gasteiger partial charge in [0.1, 0.15) is 12.3 Å². The SMILES string of the molecule is CCCCCCCCCCCCOc1ccc(CNC(=O)c2cc[n+](CCC)cc2)c(C)c1. The molecule has 1 heterocycles. The van der Waals surface area contributed by atoms with Gasteiger partial charge in [-0.2, -0.15) is 0 Å². The first-order valence-corrected chi connectivity index (χ1v) is 13.1. The Kier molecular flexibility index (Phi) is 13.3. The summed E-state index contributed by atoms with van der Waals surface area (Å²) in [5.41, 5.74) is 2.95. The number of aromatic nitrogens is 1. The van der Waals surface area contributed by atoms with Crippen molar-refractivity contribution >= 4 is 5.91 Å². The molecule has 0 bridgehead atoms. The molecule has 0 fully saturated rings. The van der Waals surface area contributed by atoms with Gasteiger partial charge in [0, 0.05) is 25.1 Å². The van der Waals surface area contributed by atoms with Gasteiger partial charge in [-0.3, -0.25) is 4.79 Å². The van der Waals surface area contributed by atoms with E-state index < -0.39 is 0 Å².